The highest BCUT2D eigenvalue weighted by atomic mass is 16.5. The van der Waals surface area contributed by atoms with Crippen LogP contribution in [-0.4, -0.2) is 36.3 Å². The van der Waals surface area contributed by atoms with Gasteiger partial charge in [-0.1, -0.05) is 30.5 Å². The van der Waals surface area contributed by atoms with Crippen LogP contribution >= 0.6 is 0 Å². The Labute approximate surface area is 160 Å². The van der Waals surface area contributed by atoms with Gasteiger partial charge in [-0.15, -0.1) is 0 Å². The molecule has 1 aliphatic carbocycles. The predicted molar refractivity (Wildman–Crippen MR) is 101 cm³/mol. The molecule has 1 saturated carbocycles. The molecule has 6 heteroatoms. The summed E-state index contributed by atoms with van der Waals surface area (Å²) >= 11 is 0. The molecule has 3 rings (SSSR count). The Hall–Kier alpha value is -2.37. The number of aryl methyl sites for hydroxylation is 1. The second kappa shape index (κ2) is 8.11. The normalized spacial score (nSPS) is 23.1. The molecule has 0 aromatic heterocycles. The van der Waals surface area contributed by atoms with E-state index in [1.165, 1.54) is 4.90 Å². The van der Waals surface area contributed by atoms with Gasteiger partial charge in [0.2, 0.25) is 17.7 Å². The zero-order valence-electron chi connectivity index (χ0n) is 16.3. The van der Waals surface area contributed by atoms with Gasteiger partial charge < -0.3 is 10.1 Å². The number of hydrogen-bond donors (Lipinski definition) is 1. The molecule has 1 aromatic carbocycles. The van der Waals surface area contributed by atoms with E-state index in [0.717, 1.165) is 42.6 Å². The number of rotatable bonds is 6. The molecule has 1 N–H and O–H groups in total. The maximum Gasteiger partial charge on any atom is 0.233 e. The number of nitrogens with zero attached hydrogens (tertiary/aromatic N) is 1. The summed E-state index contributed by atoms with van der Waals surface area (Å²) < 4.78 is 5.38. The first-order chi connectivity index (χ1) is 12.9. The number of hydrogen-bond acceptors (Lipinski definition) is 4. The number of carbonyl (C=O) groups excluding carboxylic acids is 3. The molecule has 27 heavy (non-hydrogen) atoms. The van der Waals surface area contributed by atoms with Gasteiger partial charge in [0.25, 0.3) is 0 Å². The number of imide groups is 1. The highest BCUT2D eigenvalue weighted by Gasteiger charge is 2.47. The summed E-state index contributed by atoms with van der Waals surface area (Å²) in [4.78, 5) is 38.7. The molecule has 2 fully saturated rings. The summed E-state index contributed by atoms with van der Waals surface area (Å²) in [5, 5.41) is 2.95. The summed E-state index contributed by atoms with van der Waals surface area (Å²) in [6.07, 6.45) is 3.72. The summed E-state index contributed by atoms with van der Waals surface area (Å²) in [5.74, 6) is 0.0373. The Balaban J connectivity index is 1.58. The fourth-order valence-electron chi connectivity index (χ4n) is 4.25. The highest BCUT2D eigenvalue weighted by Crippen LogP contribution is 2.38. The van der Waals surface area contributed by atoms with Crippen molar-refractivity contribution < 1.29 is 19.1 Å². The van der Waals surface area contributed by atoms with Crippen molar-refractivity contribution in [2.45, 2.75) is 52.0 Å². The van der Waals surface area contributed by atoms with E-state index in [-0.39, 0.29) is 48.6 Å². The Morgan fingerprint density at radius 3 is 2.44 bits per heavy atom. The topological polar surface area (TPSA) is 75.7 Å². The largest absolute Gasteiger partial charge is 0.496 e. The molecule has 1 aromatic rings. The van der Waals surface area contributed by atoms with Crippen molar-refractivity contribution in [3.63, 3.8) is 0 Å². The minimum atomic E-state index is -0.222. The van der Waals surface area contributed by atoms with Crippen LogP contribution in [0.25, 0.3) is 0 Å². The lowest BCUT2D eigenvalue weighted by molar-refractivity contribution is -0.140. The Kier molecular flexibility index (Phi) is 5.82. The van der Waals surface area contributed by atoms with Crippen LogP contribution in [0.2, 0.25) is 0 Å². The van der Waals surface area contributed by atoms with Gasteiger partial charge in [-0.3, -0.25) is 19.3 Å². The molecule has 0 bridgehead atoms. The maximum absolute atomic E-state index is 12.5. The number of benzene rings is 1. The number of amides is 3. The summed E-state index contributed by atoms with van der Waals surface area (Å²) in [6.45, 7) is 4.05. The van der Waals surface area contributed by atoms with Crippen LogP contribution in [0, 0.1) is 18.8 Å². The molecule has 2 aliphatic rings. The molecule has 1 aliphatic heterocycles. The minimum Gasteiger partial charge on any atom is -0.496 e. The van der Waals surface area contributed by atoms with Gasteiger partial charge >= 0.3 is 0 Å². The Bertz CT molecular complexity index is 722. The Morgan fingerprint density at radius 2 is 1.85 bits per heavy atom. The molecule has 1 heterocycles. The second-order valence-electron chi connectivity index (χ2n) is 7.61. The molecule has 3 atom stereocenters. The fraction of sp³-hybridized carbons (Fsp3) is 0.571. The maximum atomic E-state index is 12.5. The SMILES string of the molecule is COc1ccc(C)cc1C(C)NC(=O)CCN1C(=O)C2CCCCC2C1=O. The van der Waals surface area contributed by atoms with Crippen LogP contribution < -0.4 is 10.1 Å². The number of fused-ring (bicyclic) bond motifs is 1. The molecule has 0 radical (unpaired) electrons. The molecule has 6 nitrogen and oxygen atoms in total. The van der Waals surface area contributed by atoms with E-state index in [1.54, 1.807) is 7.11 Å². The van der Waals surface area contributed by atoms with E-state index in [1.807, 2.05) is 32.0 Å². The minimum absolute atomic E-state index is 0.0918. The van der Waals surface area contributed by atoms with Crippen molar-refractivity contribution >= 4 is 17.7 Å². The van der Waals surface area contributed by atoms with E-state index < -0.39 is 0 Å². The lowest BCUT2D eigenvalue weighted by Gasteiger charge is -2.19. The van der Waals surface area contributed by atoms with E-state index in [4.69, 9.17) is 4.74 Å². The fourth-order valence-corrected chi connectivity index (χ4v) is 4.25. The third-order valence-corrected chi connectivity index (χ3v) is 5.72. The number of likely N-dealkylation sites (tertiary alicyclic amines) is 1. The van der Waals surface area contributed by atoms with Gasteiger partial charge in [-0.05, 0) is 32.8 Å². The van der Waals surface area contributed by atoms with Crippen molar-refractivity contribution in [2.24, 2.45) is 11.8 Å². The monoisotopic (exact) mass is 372 g/mol. The van der Waals surface area contributed by atoms with Crippen molar-refractivity contribution in [2.75, 3.05) is 13.7 Å². The first-order valence-electron chi connectivity index (χ1n) is 9.71. The van der Waals surface area contributed by atoms with Crippen LogP contribution in [0.5, 0.6) is 5.75 Å². The lowest BCUT2D eigenvalue weighted by atomic mass is 9.81. The zero-order chi connectivity index (χ0) is 19.6. The van der Waals surface area contributed by atoms with Crippen molar-refractivity contribution in [3.05, 3.63) is 29.3 Å². The van der Waals surface area contributed by atoms with Crippen LogP contribution in [-0.2, 0) is 14.4 Å². The predicted octanol–water partition coefficient (Wildman–Crippen LogP) is 2.75. The summed E-state index contributed by atoms with van der Waals surface area (Å²) in [6, 6.07) is 5.61. The van der Waals surface area contributed by atoms with Crippen molar-refractivity contribution in [1.82, 2.24) is 10.2 Å². The van der Waals surface area contributed by atoms with E-state index in [0.29, 0.717) is 0 Å². The zero-order valence-corrected chi connectivity index (χ0v) is 16.3. The van der Waals surface area contributed by atoms with Crippen LogP contribution in [0.15, 0.2) is 18.2 Å². The lowest BCUT2D eigenvalue weighted by Crippen LogP contribution is -2.36. The molecular weight excluding hydrogens is 344 g/mol. The first-order valence-corrected chi connectivity index (χ1v) is 9.71. The van der Waals surface area contributed by atoms with E-state index in [2.05, 4.69) is 5.32 Å². The number of nitrogens with one attached hydrogen (secondary N) is 1. The van der Waals surface area contributed by atoms with Crippen molar-refractivity contribution in [1.29, 1.82) is 0 Å². The third kappa shape index (κ3) is 3.99. The average Bonchev–Trinajstić information content (AvgIpc) is 2.91. The van der Waals surface area contributed by atoms with Gasteiger partial charge in [0, 0.05) is 18.5 Å². The Morgan fingerprint density at radius 1 is 1.22 bits per heavy atom. The van der Waals surface area contributed by atoms with Crippen LogP contribution in [0.3, 0.4) is 0 Å². The molecule has 0 spiro atoms. The molecular formula is C21H28N2O4. The second-order valence-corrected chi connectivity index (χ2v) is 7.61. The molecule has 3 amide bonds. The molecule has 146 valence electrons. The van der Waals surface area contributed by atoms with Gasteiger partial charge in [0.1, 0.15) is 5.75 Å². The van der Waals surface area contributed by atoms with E-state index in [9.17, 15) is 14.4 Å². The van der Waals surface area contributed by atoms with Gasteiger partial charge in [0.05, 0.1) is 25.0 Å². The average molecular weight is 372 g/mol. The smallest absolute Gasteiger partial charge is 0.233 e. The quantitative estimate of drug-likeness (QED) is 0.779. The van der Waals surface area contributed by atoms with Crippen LogP contribution in [0.4, 0.5) is 0 Å². The van der Waals surface area contributed by atoms with Gasteiger partial charge in [-0.25, -0.2) is 0 Å². The summed E-state index contributed by atoms with van der Waals surface area (Å²) in [7, 11) is 1.60. The first kappa shape index (κ1) is 19.4. The van der Waals surface area contributed by atoms with Crippen LogP contribution in [0.1, 0.15) is 56.2 Å². The van der Waals surface area contributed by atoms with Gasteiger partial charge in [0.15, 0.2) is 0 Å². The number of carbonyl (C=O) groups is 3. The third-order valence-electron chi connectivity index (χ3n) is 5.72. The number of methoxy groups -OCH3 is 1. The van der Waals surface area contributed by atoms with Crippen molar-refractivity contribution in [3.8, 4) is 5.75 Å². The van der Waals surface area contributed by atoms with E-state index >= 15 is 0 Å². The highest BCUT2D eigenvalue weighted by molar-refractivity contribution is 6.05. The molecule has 3 unspecified atom stereocenters. The number of ether oxygens (including phenoxy) is 1. The summed E-state index contributed by atoms with van der Waals surface area (Å²) in [5.41, 5.74) is 1.99. The van der Waals surface area contributed by atoms with Gasteiger partial charge in [-0.2, -0.15) is 0 Å². The molecule has 1 saturated heterocycles. The standard InChI is InChI=1S/C21H28N2O4/c1-13-8-9-18(27-3)17(12-13)14(2)22-19(24)10-11-23-20(25)15-6-4-5-7-16(15)21(23)26/h8-9,12,14-16H,4-7,10-11H2,1-3H3,(H,22,24).